The normalized spacial score (nSPS) is 16.8. The SMILES string of the molecule is Fc1cc(Cl)cnc1NCC1Cc2ccccc2O1. The topological polar surface area (TPSA) is 34.2 Å². The molecule has 0 saturated carbocycles. The summed E-state index contributed by atoms with van der Waals surface area (Å²) in [5, 5.41) is 3.23. The van der Waals surface area contributed by atoms with E-state index in [1.165, 1.54) is 17.8 Å². The van der Waals surface area contributed by atoms with Gasteiger partial charge < -0.3 is 10.1 Å². The number of halogens is 2. The summed E-state index contributed by atoms with van der Waals surface area (Å²) in [4.78, 5) is 3.91. The standard InChI is InChI=1S/C14H12ClFN2O/c15-10-6-12(16)14(17-7-10)18-8-11-5-9-3-1-2-4-13(9)19-11/h1-4,6-7,11H,5,8H2,(H,17,18). The van der Waals surface area contributed by atoms with Crippen LogP contribution >= 0.6 is 11.6 Å². The molecule has 98 valence electrons. The van der Waals surface area contributed by atoms with E-state index in [-0.39, 0.29) is 16.9 Å². The Balaban J connectivity index is 1.63. The number of nitrogens with one attached hydrogen (secondary N) is 1. The van der Waals surface area contributed by atoms with E-state index in [1.54, 1.807) is 0 Å². The number of fused-ring (bicyclic) bond motifs is 1. The maximum atomic E-state index is 13.5. The summed E-state index contributed by atoms with van der Waals surface area (Å²) < 4.78 is 19.3. The zero-order chi connectivity index (χ0) is 13.2. The van der Waals surface area contributed by atoms with Gasteiger partial charge in [-0.3, -0.25) is 0 Å². The van der Waals surface area contributed by atoms with Crippen LogP contribution in [0.2, 0.25) is 5.02 Å². The predicted molar refractivity (Wildman–Crippen MR) is 72.3 cm³/mol. The van der Waals surface area contributed by atoms with Gasteiger partial charge in [-0.15, -0.1) is 0 Å². The Kier molecular flexibility index (Phi) is 3.25. The second-order valence-electron chi connectivity index (χ2n) is 4.42. The molecule has 1 aliphatic heterocycles. The van der Waals surface area contributed by atoms with Crippen LogP contribution in [0, 0.1) is 5.82 Å². The van der Waals surface area contributed by atoms with Crippen molar-refractivity contribution >= 4 is 17.4 Å². The zero-order valence-corrected chi connectivity index (χ0v) is 10.8. The van der Waals surface area contributed by atoms with Crippen LogP contribution in [0.4, 0.5) is 10.2 Å². The molecule has 2 heterocycles. The minimum absolute atomic E-state index is 0.00530. The first-order chi connectivity index (χ1) is 9.22. The first-order valence-corrected chi connectivity index (χ1v) is 6.39. The molecule has 2 aromatic rings. The van der Waals surface area contributed by atoms with Crippen LogP contribution in [0.25, 0.3) is 0 Å². The number of benzene rings is 1. The molecule has 1 aromatic carbocycles. The van der Waals surface area contributed by atoms with Crippen LogP contribution in [-0.4, -0.2) is 17.6 Å². The second-order valence-corrected chi connectivity index (χ2v) is 4.85. The van der Waals surface area contributed by atoms with Crippen LogP contribution in [-0.2, 0) is 6.42 Å². The third kappa shape index (κ3) is 2.63. The van der Waals surface area contributed by atoms with Crippen molar-refractivity contribution in [2.24, 2.45) is 0 Å². The molecule has 0 aliphatic carbocycles. The molecule has 1 aromatic heterocycles. The summed E-state index contributed by atoms with van der Waals surface area (Å²) in [6, 6.07) is 9.14. The fourth-order valence-corrected chi connectivity index (χ4v) is 2.27. The lowest BCUT2D eigenvalue weighted by Crippen LogP contribution is -2.24. The van der Waals surface area contributed by atoms with Crippen molar-refractivity contribution in [3.8, 4) is 5.75 Å². The van der Waals surface area contributed by atoms with E-state index in [4.69, 9.17) is 16.3 Å². The number of hydrogen-bond acceptors (Lipinski definition) is 3. The molecular weight excluding hydrogens is 267 g/mol. The van der Waals surface area contributed by atoms with Gasteiger partial charge in [0.15, 0.2) is 11.6 Å². The molecule has 1 unspecified atom stereocenters. The highest BCUT2D eigenvalue weighted by atomic mass is 35.5. The number of nitrogens with zero attached hydrogens (tertiary/aromatic N) is 1. The molecule has 1 aliphatic rings. The van der Waals surface area contributed by atoms with Crippen molar-refractivity contribution < 1.29 is 9.13 Å². The smallest absolute Gasteiger partial charge is 0.166 e. The van der Waals surface area contributed by atoms with Crippen molar-refractivity contribution in [1.82, 2.24) is 4.98 Å². The molecule has 0 fully saturated rings. The van der Waals surface area contributed by atoms with E-state index in [9.17, 15) is 4.39 Å². The highest BCUT2D eigenvalue weighted by molar-refractivity contribution is 6.30. The first kappa shape index (κ1) is 12.2. The molecule has 0 spiro atoms. The van der Waals surface area contributed by atoms with Gasteiger partial charge in [0.2, 0.25) is 0 Å². The Morgan fingerprint density at radius 3 is 3.05 bits per heavy atom. The van der Waals surface area contributed by atoms with Crippen LogP contribution in [0.5, 0.6) is 5.75 Å². The summed E-state index contributed by atoms with van der Waals surface area (Å²) in [7, 11) is 0. The van der Waals surface area contributed by atoms with Gasteiger partial charge in [0, 0.05) is 12.6 Å². The quantitative estimate of drug-likeness (QED) is 0.935. The summed E-state index contributed by atoms with van der Waals surface area (Å²) in [6.45, 7) is 0.500. The lowest BCUT2D eigenvalue weighted by Gasteiger charge is -2.12. The molecular formula is C14H12ClFN2O. The van der Waals surface area contributed by atoms with Gasteiger partial charge >= 0.3 is 0 Å². The Morgan fingerprint density at radius 1 is 1.42 bits per heavy atom. The van der Waals surface area contributed by atoms with Crippen molar-refractivity contribution in [3.63, 3.8) is 0 Å². The predicted octanol–water partition coefficient (Wildman–Crippen LogP) is 3.29. The maximum Gasteiger partial charge on any atom is 0.166 e. The number of hydrogen-bond donors (Lipinski definition) is 1. The fourth-order valence-electron chi connectivity index (χ4n) is 2.12. The highest BCUT2D eigenvalue weighted by Gasteiger charge is 2.22. The van der Waals surface area contributed by atoms with E-state index in [0.717, 1.165) is 12.2 Å². The fraction of sp³-hybridized carbons (Fsp3) is 0.214. The van der Waals surface area contributed by atoms with Crippen LogP contribution in [0.1, 0.15) is 5.56 Å². The van der Waals surface area contributed by atoms with E-state index in [1.807, 2.05) is 24.3 Å². The number of ether oxygens (including phenoxy) is 1. The third-order valence-electron chi connectivity index (χ3n) is 3.02. The van der Waals surface area contributed by atoms with E-state index in [0.29, 0.717) is 6.54 Å². The van der Waals surface area contributed by atoms with Crippen molar-refractivity contribution in [2.45, 2.75) is 12.5 Å². The molecule has 0 bridgehead atoms. The monoisotopic (exact) mass is 278 g/mol. The average Bonchev–Trinajstić information content (AvgIpc) is 2.80. The molecule has 19 heavy (non-hydrogen) atoms. The van der Waals surface area contributed by atoms with Crippen LogP contribution < -0.4 is 10.1 Å². The van der Waals surface area contributed by atoms with Gasteiger partial charge in [-0.25, -0.2) is 9.37 Å². The molecule has 0 amide bonds. The number of pyridine rings is 1. The van der Waals surface area contributed by atoms with Crippen LogP contribution in [0.15, 0.2) is 36.5 Å². The first-order valence-electron chi connectivity index (χ1n) is 6.02. The molecule has 1 atom stereocenters. The molecule has 5 heteroatoms. The van der Waals surface area contributed by atoms with Gasteiger partial charge in [-0.1, -0.05) is 29.8 Å². The number of rotatable bonds is 3. The summed E-state index contributed by atoms with van der Waals surface area (Å²) >= 11 is 5.65. The lowest BCUT2D eigenvalue weighted by molar-refractivity contribution is 0.246. The van der Waals surface area contributed by atoms with Crippen molar-refractivity contribution in [2.75, 3.05) is 11.9 Å². The summed E-state index contributed by atoms with van der Waals surface area (Å²) in [6.07, 6.45) is 2.23. The van der Waals surface area contributed by atoms with Crippen LogP contribution in [0.3, 0.4) is 0 Å². The third-order valence-corrected chi connectivity index (χ3v) is 3.23. The molecule has 0 radical (unpaired) electrons. The Labute approximate surface area is 115 Å². The lowest BCUT2D eigenvalue weighted by atomic mass is 10.1. The summed E-state index contributed by atoms with van der Waals surface area (Å²) in [5.74, 6) is 0.644. The minimum Gasteiger partial charge on any atom is -0.488 e. The minimum atomic E-state index is -0.456. The van der Waals surface area contributed by atoms with Crippen molar-refractivity contribution in [3.05, 3.63) is 52.9 Å². The number of anilines is 1. The summed E-state index contributed by atoms with van der Waals surface area (Å²) in [5.41, 5.74) is 1.18. The van der Waals surface area contributed by atoms with Gasteiger partial charge in [0.1, 0.15) is 11.9 Å². The zero-order valence-electron chi connectivity index (χ0n) is 10.1. The second kappa shape index (κ2) is 5.05. The number of para-hydroxylation sites is 1. The Morgan fingerprint density at radius 2 is 2.26 bits per heavy atom. The number of aromatic nitrogens is 1. The molecule has 0 saturated heterocycles. The van der Waals surface area contributed by atoms with E-state index >= 15 is 0 Å². The van der Waals surface area contributed by atoms with Crippen molar-refractivity contribution in [1.29, 1.82) is 0 Å². The maximum absolute atomic E-state index is 13.5. The van der Waals surface area contributed by atoms with E-state index < -0.39 is 5.82 Å². The van der Waals surface area contributed by atoms with Gasteiger partial charge in [0.05, 0.1) is 11.6 Å². The molecule has 3 rings (SSSR count). The highest BCUT2D eigenvalue weighted by Crippen LogP contribution is 2.28. The Hall–Kier alpha value is -1.81. The van der Waals surface area contributed by atoms with Gasteiger partial charge in [-0.2, -0.15) is 0 Å². The largest absolute Gasteiger partial charge is 0.488 e. The molecule has 3 nitrogen and oxygen atoms in total. The van der Waals surface area contributed by atoms with Gasteiger partial charge in [0.25, 0.3) is 0 Å². The van der Waals surface area contributed by atoms with Gasteiger partial charge in [-0.05, 0) is 17.7 Å². The van der Waals surface area contributed by atoms with E-state index in [2.05, 4.69) is 10.3 Å². The average molecular weight is 279 g/mol. The Bertz CT molecular complexity index is 581. The molecule has 1 N–H and O–H groups in total.